The minimum absolute atomic E-state index is 0.0269. The van der Waals surface area contributed by atoms with Crippen molar-refractivity contribution in [1.29, 1.82) is 0 Å². The molecule has 0 saturated carbocycles. The fourth-order valence-corrected chi connectivity index (χ4v) is 3.38. The standard InChI is InChI=1S/C14H21F2NOS/c1-5-17-13(14(2,3)4)9-19(18)12-8-10(15)6-7-11(12)16/h6-8,13,17H,5,9H2,1-4H3. The van der Waals surface area contributed by atoms with Crippen molar-refractivity contribution in [2.24, 2.45) is 5.41 Å². The second kappa shape index (κ2) is 6.57. The lowest BCUT2D eigenvalue weighted by Crippen LogP contribution is -2.44. The maximum absolute atomic E-state index is 13.6. The molecular formula is C14H21F2NOS. The number of hydrogen-bond acceptors (Lipinski definition) is 2. The number of halogens is 2. The van der Waals surface area contributed by atoms with Crippen molar-refractivity contribution in [3.63, 3.8) is 0 Å². The van der Waals surface area contributed by atoms with E-state index in [4.69, 9.17) is 0 Å². The Morgan fingerprint density at radius 1 is 1.32 bits per heavy atom. The van der Waals surface area contributed by atoms with Gasteiger partial charge < -0.3 is 5.32 Å². The highest BCUT2D eigenvalue weighted by molar-refractivity contribution is 7.85. The van der Waals surface area contributed by atoms with Crippen LogP contribution in [0.2, 0.25) is 0 Å². The molecule has 0 bridgehead atoms. The van der Waals surface area contributed by atoms with Crippen LogP contribution in [0.4, 0.5) is 8.78 Å². The largest absolute Gasteiger partial charge is 0.313 e. The van der Waals surface area contributed by atoms with Gasteiger partial charge >= 0.3 is 0 Å². The Bertz CT molecular complexity index is 457. The zero-order valence-electron chi connectivity index (χ0n) is 11.8. The van der Waals surface area contributed by atoms with Gasteiger partial charge in [-0.05, 0) is 30.2 Å². The van der Waals surface area contributed by atoms with E-state index in [1.54, 1.807) is 0 Å². The quantitative estimate of drug-likeness (QED) is 0.902. The molecule has 0 aliphatic rings. The highest BCUT2D eigenvalue weighted by Gasteiger charge is 2.27. The second-order valence-electron chi connectivity index (χ2n) is 5.56. The first kappa shape index (κ1) is 16.2. The summed E-state index contributed by atoms with van der Waals surface area (Å²) >= 11 is 0. The highest BCUT2D eigenvalue weighted by Crippen LogP contribution is 2.23. The Kier molecular flexibility index (Phi) is 5.62. The van der Waals surface area contributed by atoms with Crippen LogP contribution in [-0.4, -0.2) is 22.5 Å². The fourth-order valence-electron chi connectivity index (χ4n) is 1.75. The van der Waals surface area contributed by atoms with Gasteiger partial charge in [0.25, 0.3) is 0 Å². The van der Waals surface area contributed by atoms with E-state index in [2.05, 4.69) is 5.32 Å². The molecule has 0 heterocycles. The molecule has 2 atom stereocenters. The molecule has 0 amide bonds. The molecule has 2 unspecified atom stereocenters. The van der Waals surface area contributed by atoms with Crippen LogP contribution in [0.25, 0.3) is 0 Å². The van der Waals surface area contributed by atoms with Gasteiger partial charge in [-0.15, -0.1) is 0 Å². The van der Waals surface area contributed by atoms with Gasteiger partial charge in [0.1, 0.15) is 11.6 Å². The lowest BCUT2D eigenvalue weighted by Gasteiger charge is -2.31. The summed E-state index contributed by atoms with van der Waals surface area (Å²) in [6, 6.07) is 3.03. The summed E-state index contributed by atoms with van der Waals surface area (Å²) in [5.74, 6) is -0.929. The van der Waals surface area contributed by atoms with E-state index in [0.717, 1.165) is 24.7 Å². The minimum atomic E-state index is -1.56. The molecule has 0 saturated heterocycles. The summed E-state index contributed by atoms with van der Waals surface area (Å²) in [5, 5.41) is 3.25. The van der Waals surface area contributed by atoms with Gasteiger partial charge in [-0.25, -0.2) is 8.78 Å². The highest BCUT2D eigenvalue weighted by atomic mass is 32.2. The van der Waals surface area contributed by atoms with Gasteiger partial charge in [0.05, 0.1) is 15.7 Å². The minimum Gasteiger partial charge on any atom is -0.313 e. The number of hydrogen-bond donors (Lipinski definition) is 1. The maximum atomic E-state index is 13.6. The van der Waals surface area contributed by atoms with Crippen molar-refractivity contribution < 1.29 is 13.0 Å². The van der Waals surface area contributed by atoms with Crippen molar-refractivity contribution in [3.05, 3.63) is 29.8 Å². The normalized spacial score (nSPS) is 15.3. The van der Waals surface area contributed by atoms with Crippen LogP contribution in [-0.2, 0) is 10.8 Å². The summed E-state index contributed by atoms with van der Waals surface area (Å²) in [4.78, 5) is -0.0628. The van der Waals surface area contributed by atoms with E-state index in [9.17, 15) is 13.0 Å². The summed E-state index contributed by atoms with van der Waals surface area (Å²) in [6.07, 6.45) is 0. The molecule has 1 aromatic carbocycles. The molecule has 1 rings (SSSR count). The van der Waals surface area contributed by atoms with Crippen LogP contribution < -0.4 is 5.32 Å². The first-order valence-electron chi connectivity index (χ1n) is 6.32. The van der Waals surface area contributed by atoms with E-state index in [-0.39, 0.29) is 22.1 Å². The molecule has 0 fully saturated rings. The van der Waals surface area contributed by atoms with E-state index < -0.39 is 22.4 Å². The fraction of sp³-hybridized carbons (Fsp3) is 0.571. The van der Waals surface area contributed by atoms with Gasteiger partial charge in [0.2, 0.25) is 0 Å². The Labute approximate surface area is 116 Å². The summed E-state index contributed by atoms with van der Waals surface area (Å²) in [7, 11) is -1.56. The summed E-state index contributed by atoms with van der Waals surface area (Å²) in [5.41, 5.74) is -0.102. The van der Waals surface area contributed by atoms with Gasteiger partial charge in [-0.1, -0.05) is 27.7 Å². The van der Waals surface area contributed by atoms with Crippen molar-refractivity contribution in [3.8, 4) is 0 Å². The monoisotopic (exact) mass is 289 g/mol. The molecular weight excluding hydrogens is 268 g/mol. The Morgan fingerprint density at radius 2 is 1.95 bits per heavy atom. The lowest BCUT2D eigenvalue weighted by atomic mass is 9.88. The molecule has 0 aliphatic carbocycles. The average Bonchev–Trinajstić information content (AvgIpc) is 2.30. The third kappa shape index (κ3) is 4.66. The van der Waals surface area contributed by atoms with Crippen LogP contribution in [0.5, 0.6) is 0 Å². The van der Waals surface area contributed by atoms with E-state index in [1.807, 2.05) is 27.7 Å². The predicted molar refractivity (Wildman–Crippen MR) is 74.6 cm³/mol. The van der Waals surface area contributed by atoms with Crippen molar-refractivity contribution in [2.75, 3.05) is 12.3 Å². The summed E-state index contributed by atoms with van der Waals surface area (Å²) < 4.78 is 38.9. The summed E-state index contributed by atoms with van der Waals surface area (Å²) in [6.45, 7) is 8.79. The molecule has 5 heteroatoms. The number of nitrogens with one attached hydrogen (secondary N) is 1. The Morgan fingerprint density at radius 3 is 2.47 bits per heavy atom. The molecule has 1 N–H and O–H groups in total. The molecule has 1 aromatic rings. The molecule has 108 valence electrons. The third-order valence-corrected chi connectivity index (χ3v) is 4.39. The zero-order valence-corrected chi connectivity index (χ0v) is 12.6. The van der Waals surface area contributed by atoms with E-state index in [0.29, 0.717) is 0 Å². The van der Waals surface area contributed by atoms with Gasteiger partial charge in [-0.3, -0.25) is 4.21 Å². The molecule has 0 aromatic heterocycles. The van der Waals surface area contributed by atoms with Crippen LogP contribution in [0.15, 0.2) is 23.1 Å². The van der Waals surface area contributed by atoms with Crippen molar-refractivity contribution in [1.82, 2.24) is 5.32 Å². The molecule has 0 spiro atoms. The first-order chi connectivity index (χ1) is 8.75. The Hall–Kier alpha value is -0.810. The Balaban J connectivity index is 2.91. The molecule has 0 aliphatic heterocycles. The molecule has 0 radical (unpaired) electrons. The average molecular weight is 289 g/mol. The van der Waals surface area contributed by atoms with E-state index in [1.165, 1.54) is 0 Å². The SMILES string of the molecule is CCNC(CS(=O)c1cc(F)ccc1F)C(C)(C)C. The number of benzene rings is 1. The van der Waals surface area contributed by atoms with Crippen molar-refractivity contribution >= 4 is 10.8 Å². The van der Waals surface area contributed by atoms with Crippen LogP contribution in [0.3, 0.4) is 0 Å². The van der Waals surface area contributed by atoms with Gasteiger partial charge in [0.15, 0.2) is 0 Å². The van der Waals surface area contributed by atoms with Crippen LogP contribution in [0.1, 0.15) is 27.7 Å². The zero-order chi connectivity index (χ0) is 14.6. The smallest absolute Gasteiger partial charge is 0.139 e. The van der Waals surface area contributed by atoms with Crippen molar-refractivity contribution in [2.45, 2.75) is 38.6 Å². The van der Waals surface area contributed by atoms with E-state index >= 15 is 0 Å². The number of rotatable bonds is 5. The third-order valence-electron chi connectivity index (χ3n) is 2.95. The topological polar surface area (TPSA) is 29.1 Å². The predicted octanol–water partition coefficient (Wildman–Crippen LogP) is 3.10. The van der Waals surface area contributed by atoms with Crippen LogP contribution in [0, 0.1) is 17.0 Å². The first-order valence-corrected chi connectivity index (χ1v) is 7.64. The van der Waals surface area contributed by atoms with Crippen LogP contribution >= 0.6 is 0 Å². The maximum Gasteiger partial charge on any atom is 0.139 e. The lowest BCUT2D eigenvalue weighted by molar-refractivity contribution is 0.294. The molecule has 19 heavy (non-hydrogen) atoms. The second-order valence-corrected chi connectivity index (χ2v) is 7.03. The van der Waals surface area contributed by atoms with Gasteiger partial charge in [0, 0.05) is 11.8 Å². The molecule has 2 nitrogen and oxygen atoms in total. The van der Waals surface area contributed by atoms with Gasteiger partial charge in [-0.2, -0.15) is 0 Å².